The van der Waals surface area contributed by atoms with Crippen molar-refractivity contribution in [3.05, 3.63) is 33.8 Å². The van der Waals surface area contributed by atoms with E-state index in [0.717, 1.165) is 41.8 Å². The summed E-state index contributed by atoms with van der Waals surface area (Å²) in [5, 5.41) is 9.13. The summed E-state index contributed by atoms with van der Waals surface area (Å²) in [7, 11) is 0. The zero-order chi connectivity index (χ0) is 14.8. The Bertz CT molecular complexity index is 537. The normalized spacial score (nSPS) is 26.3. The number of hydrogen-bond donors (Lipinski definition) is 1. The second-order valence-electron chi connectivity index (χ2n) is 5.87. The van der Waals surface area contributed by atoms with Gasteiger partial charge >= 0.3 is 5.97 Å². The molecule has 1 heterocycles. The Morgan fingerprint density at radius 3 is 3.10 bits per heavy atom. The summed E-state index contributed by atoms with van der Waals surface area (Å²) in [6, 6.07) is 7.26. The summed E-state index contributed by atoms with van der Waals surface area (Å²) in [5.74, 6) is 1.41. The minimum Gasteiger partial charge on any atom is -0.481 e. The van der Waals surface area contributed by atoms with Crippen LogP contribution in [0, 0.1) is 0 Å². The molecule has 0 radical (unpaired) electrons. The van der Waals surface area contributed by atoms with Gasteiger partial charge in [-0.15, -0.1) is 0 Å². The van der Waals surface area contributed by atoms with Crippen molar-refractivity contribution in [2.24, 2.45) is 0 Å². The number of carboxylic acids is 1. The maximum absolute atomic E-state index is 11.1. The summed E-state index contributed by atoms with van der Waals surface area (Å²) in [6.45, 7) is 1.03. The topological polar surface area (TPSA) is 40.5 Å². The molecule has 1 saturated heterocycles. The van der Waals surface area contributed by atoms with Crippen molar-refractivity contribution in [3.8, 4) is 0 Å². The highest BCUT2D eigenvalue weighted by atomic mass is 79.9. The molecular formula is C16H20BrNO2S. The molecule has 1 aromatic rings. The van der Waals surface area contributed by atoms with E-state index in [2.05, 4.69) is 39.0 Å². The molecule has 114 valence electrons. The van der Waals surface area contributed by atoms with Gasteiger partial charge in [0.25, 0.3) is 0 Å². The van der Waals surface area contributed by atoms with E-state index < -0.39 is 5.97 Å². The summed E-state index contributed by atoms with van der Waals surface area (Å²) >= 11 is 5.43. The molecule has 2 aliphatic rings. The lowest BCUT2D eigenvalue weighted by atomic mass is 9.87. The molecule has 21 heavy (non-hydrogen) atoms. The number of halogens is 1. The van der Waals surface area contributed by atoms with E-state index in [1.165, 1.54) is 11.1 Å². The summed E-state index contributed by atoms with van der Waals surface area (Å²) in [4.78, 5) is 13.6. The first-order valence-corrected chi connectivity index (χ1v) is 9.41. The van der Waals surface area contributed by atoms with Crippen LogP contribution in [0.4, 0.5) is 0 Å². The Morgan fingerprint density at radius 2 is 2.29 bits per heavy atom. The van der Waals surface area contributed by atoms with Gasteiger partial charge in [0, 0.05) is 34.6 Å². The maximum Gasteiger partial charge on any atom is 0.304 e. The van der Waals surface area contributed by atoms with Crippen molar-refractivity contribution in [2.45, 2.75) is 37.8 Å². The minimum absolute atomic E-state index is 0.197. The predicted octanol–water partition coefficient (Wildman–Crippen LogP) is 3.20. The predicted molar refractivity (Wildman–Crippen MR) is 90.0 cm³/mol. The Morgan fingerprint density at radius 1 is 1.43 bits per heavy atom. The average Bonchev–Trinajstić information content (AvgIpc) is 2.47. The number of aliphatic carboxylic acids is 1. The molecule has 1 fully saturated rings. The highest BCUT2D eigenvalue weighted by Gasteiger charge is 2.32. The second kappa shape index (κ2) is 6.71. The molecule has 1 aromatic carbocycles. The van der Waals surface area contributed by atoms with E-state index in [1.807, 2.05) is 11.8 Å². The molecule has 5 heteroatoms. The van der Waals surface area contributed by atoms with Gasteiger partial charge in [0.1, 0.15) is 0 Å². The molecule has 3 rings (SSSR count). The monoisotopic (exact) mass is 369 g/mol. The van der Waals surface area contributed by atoms with Gasteiger partial charge in [-0.1, -0.05) is 22.0 Å². The smallest absolute Gasteiger partial charge is 0.304 e. The van der Waals surface area contributed by atoms with Crippen LogP contribution < -0.4 is 0 Å². The van der Waals surface area contributed by atoms with Gasteiger partial charge in [0.05, 0.1) is 6.42 Å². The van der Waals surface area contributed by atoms with Crippen LogP contribution in [0.25, 0.3) is 0 Å². The largest absolute Gasteiger partial charge is 0.481 e. The lowest BCUT2D eigenvalue weighted by Crippen LogP contribution is -2.51. The van der Waals surface area contributed by atoms with Gasteiger partial charge in [-0.3, -0.25) is 9.69 Å². The van der Waals surface area contributed by atoms with Gasteiger partial charge in [-0.25, -0.2) is 0 Å². The highest BCUT2D eigenvalue weighted by molar-refractivity contribution is 9.10. The maximum atomic E-state index is 11.1. The standard InChI is InChI=1S/C16H20BrNO2S/c17-13-3-1-12-8-14(4-2-11(12)7-13)18-5-6-21-10-15(18)9-16(19)20/h1,3,7,14-15H,2,4-6,8-10H2,(H,19,20). The number of carbonyl (C=O) groups is 1. The van der Waals surface area contributed by atoms with E-state index in [4.69, 9.17) is 5.11 Å². The molecule has 1 N–H and O–H groups in total. The third kappa shape index (κ3) is 3.63. The molecule has 1 aliphatic heterocycles. The zero-order valence-corrected chi connectivity index (χ0v) is 14.3. The van der Waals surface area contributed by atoms with Crippen LogP contribution in [-0.2, 0) is 17.6 Å². The number of rotatable bonds is 3. The first kappa shape index (κ1) is 15.4. The number of fused-ring (bicyclic) bond motifs is 1. The van der Waals surface area contributed by atoms with Crippen molar-refractivity contribution in [2.75, 3.05) is 18.1 Å². The quantitative estimate of drug-likeness (QED) is 0.887. The number of aryl methyl sites for hydroxylation is 1. The molecule has 0 bridgehead atoms. The van der Waals surface area contributed by atoms with Crippen LogP contribution in [-0.4, -0.2) is 46.1 Å². The summed E-state index contributed by atoms with van der Waals surface area (Å²) in [6.07, 6.45) is 3.58. The summed E-state index contributed by atoms with van der Waals surface area (Å²) < 4.78 is 1.15. The zero-order valence-electron chi connectivity index (χ0n) is 11.9. The lowest BCUT2D eigenvalue weighted by molar-refractivity contribution is -0.138. The third-order valence-electron chi connectivity index (χ3n) is 4.52. The molecule has 1 aliphatic carbocycles. The van der Waals surface area contributed by atoms with Gasteiger partial charge in [0.15, 0.2) is 0 Å². The van der Waals surface area contributed by atoms with Gasteiger partial charge in [-0.2, -0.15) is 11.8 Å². The number of hydrogen-bond acceptors (Lipinski definition) is 3. The Kier molecular flexibility index (Phi) is 4.92. The number of nitrogens with zero attached hydrogens (tertiary/aromatic N) is 1. The van der Waals surface area contributed by atoms with Crippen molar-refractivity contribution in [1.29, 1.82) is 0 Å². The van der Waals surface area contributed by atoms with Gasteiger partial charge < -0.3 is 5.11 Å². The molecule has 0 spiro atoms. The fraction of sp³-hybridized carbons (Fsp3) is 0.562. The summed E-state index contributed by atoms with van der Waals surface area (Å²) in [5.41, 5.74) is 2.88. The molecule has 0 saturated carbocycles. The van der Waals surface area contributed by atoms with E-state index in [1.54, 1.807) is 0 Å². The number of carboxylic acid groups (broad SMARTS) is 1. The fourth-order valence-electron chi connectivity index (χ4n) is 3.51. The van der Waals surface area contributed by atoms with Crippen molar-refractivity contribution < 1.29 is 9.90 Å². The van der Waals surface area contributed by atoms with Crippen molar-refractivity contribution in [1.82, 2.24) is 4.90 Å². The van der Waals surface area contributed by atoms with Crippen LogP contribution in [0.1, 0.15) is 24.0 Å². The van der Waals surface area contributed by atoms with Crippen molar-refractivity contribution >= 4 is 33.7 Å². The lowest BCUT2D eigenvalue weighted by Gasteiger charge is -2.42. The molecule has 3 nitrogen and oxygen atoms in total. The van der Waals surface area contributed by atoms with Crippen molar-refractivity contribution in [3.63, 3.8) is 0 Å². The molecule has 0 amide bonds. The minimum atomic E-state index is -0.673. The van der Waals surface area contributed by atoms with Crippen LogP contribution in [0.3, 0.4) is 0 Å². The number of benzene rings is 1. The average molecular weight is 370 g/mol. The second-order valence-corrected chi connectivity index (χ2v) is 7.94. The number of thioether (sulfide) groups is 1. The van der Waals surface area contributed by atoms with Gasteiger partial charge in [0.2, 0.25) is 0 Å². The Hall–Kier alpha value is -0.520. The first-order valence-electron chi connectivity index (χ1n) is 7.46. The van der Waals surface area contributed by atoms with E-state index >= 15 is 0 Å². The van der Waals surface area contributed by atoms with Crippen LogP contribution in [0.15, 0.2) is 22.7 Å². The third-order valence-corrected chi connectivity index (χ3v) is 6.11. The van der Waals surface area contributed by atoms with E-state index in [-0.39, 0.29) is 12.5 Å². The molecule has 0 aromatic heterocycles. The van der Waals surface area contributed by atoms with Crippen LogP contribution in [0.2, 0.25) is 0 Å². The van der Waals surface area contributed by atoms with E-state index in [9.17, 15) is 4.79 Å². The highest BCUT2D eigenvalue weighted by Crippen LogP contribution is 2.31. The van der Waals surface area contributed by atoms with E-state index in [0.29, 0.717) is 6.04 Å². The molecule has 2 unspecified atom stereocenters. The Balaban J connectivity index is 1.74. The fourth-order valence-corrected chi connectivity index (χ4v) is 5.01. The van der Waals surface area contributed by atoms with Gasteiger partial charge in [-0.05, 0) is 42.5 Å². The van der Waals surface area contributed by atoms with Crippen LogP contribution in [0.5, 0.6) is 0 Å². The van der Waals surface area contributed by atoms with Crippen LogP contribution >= 0.6 is 27.7 Å². The Labute approximate surface area is 138 Å². The molecular weight excluding hydrogens is 350 g/mol. The first-order chi connectivity index (χ1) is 10.1. The SMILES string of the molecule is O=C(O)CC1CSCCN1C1CCc2cc(Br)ccc2C1. The molecule has 2 atom stereocenters.